The fourth-order valence-corrected chi connectivity index (χ4v) is 6.32. The van der Waals surface area contributed by atoms with E-state index in [0.29, 0.717) is 0 Å². The van der Waals surface area contributed by atoms with Gasteiger partial charge in [-0.25, -0.2) is 5.09 Å². The van der Waals surface area contributed by atoms with Crippen molar-refractivity contribution in [1.82, 2.24) is 5.09 Å². The fraction of sp³-hybridized carbons (Fsp3) is 0.429. The largest absolute Gasteiger partial charge is 0.401 e. The van der Waals surface area contributed by atoms with E-state index in [-0.39, 0.29) is 11.3 Å². The molecule has 0 heterocycles. The van der Waals surface area contributed by atoms with Crippen LogP contribution in [0, 0.1) is 0 Å². The van der Waals surface area contributed by atoms with E-state index >= 15 is 0 Å². The highest BCUT2D eigenvalue weighted by Gasteiger charge is 2.40. The van der Waals surface area contributed by atoms with Gasteiger partial charge in [-0.1, -0.05) is 64.1 Å². The summed E-state index contributed by atoms with van der Waals surface area (Å²) in [5.74, 6) is 0. The molecule has 0 spiro atoms. The monoisotopic (exact) mass is 389 g/mol. The lowest BCUT2D eigenvalue weighted by Gasteiger charge is -2.40. The highest BCUT2D eigenvalue weighted by molar-refractivity contribution is 7.76. The number of nitrogens with one attached hydrogen (secondary N) is 1. The van der Waals surface area contributed by atoms with Gasteiger partial charge in [-0.15, -0.1) is 0 Å². The van der Waals surface area contributed by atoms with Crippen molar-refractivity contribution in [2.24, 2.45) is 0 Å². The van der Waals surface area contributed by atoms with Gasteiger partial charge >= 0.3 is 0 Å². The van der Waals surface area contributed by atoms with E-state index in [0.717, 1.165) is 17.0 Å². The molecule has 0 unspecified atom stereocenters. The van der Waals surface area contributed by atoms with E-state index in [2.05, 4.69) is 45.9 Å². The Hall–Kier alpha value is -1.19. The van der Waals surface area contributed by atoms with Crippen LogP contribution in [0.3, 0.4) is 0 Å². The van der Waals surface area contributed by atoms with Crippen LogP contribution in [0.25, 0.3) is 0 Å². The first-order valence-corrected chi connectivity index (χ1v) is 13.9. The molecule has 0 aliphatic carbocycles. The first-order valence-electron chi connectivity index (χ1n) is 9.27. The van der Waals surface area contributed by atoms with E-state index in [4.69, 9.17) is 4.43 Å². The Labute approximate surface area is 159 Å². The van der Waals surface area contributed by atoms with Crippen molar-refractivity contribution in [3.8, 4) is 0 Å². The minimum Gasteiger partial charge on any atom is -0.401 e. The number of hydrogen-bond donors (Lipinski definition) is 1. The topological polar surface area (TPSA) is 38.3 Å². The van der Waals surface area contributed by atoms with E-state index in [9.17, 15) is 4.57 Å². The second-order valence-corrected chi connectivity index (χ2v) is 15.5. The van der Waals surface area contributed by atoms with Crippen LogP contribution in [-0.2, 0) is 8.99 Å². The Kier molecular flexibility index (Phi) is 6.68. The maximum atomic E-state index is 14.1. The van der Waals surface area contributed by atoms with Gasteiger partial charge in [0.25, 0.3) is 0 Å². The normalized spacial score (nSPS) is 14.2. The molecular weight excluding hydrogens is 357 g/mol. The summed E-state index contributed by atoms with van der Waals surface area (Å²) in [6.45, 7) is 13.2. The predicted molar refractivity (Wildman–Crippen MR) is 115 cm³/mol. The predicted octanol–water partition coefficient (Wildman–Crippen LogP) is 5.26. The lowest BCUT2D eigenvalue weighted by Crippen LogP contribution is -2.48. The molecule has 0 fully saturated rings. The second-order valence-electron chi connectivity index (χ2n) is 8.18. The van der Waals surface area contributed by atoms with Crippen molar-refractivity contribution in [1.29, 1.82) is 0 Å². The average molecular weight is 390 g/mol. The third-order valence-corrected chi connectivity index (χ3v) is 12.4. The van der Waals surface area contributed by atoms with Gasteiger partial charge in [-0.2, -0.15) is 0 Å². The summed E-state index contributed by atoms with van der Waals surface area (Å²) >= 11 is 0. The van der Waals surface area contributed by atoms with Gasteiger partial charge in [0.1, 0.15) is 6.23 Å². The molecule has 0 aromatic heterocycles. The molecule has 0 aliphatic rings. The number of rotatable bonds is 7. The van der Waals surface area contributed by atoms with Gasteiger partial charge in [-0.3, -0.25) is 4.57 Å². The highest BCUT2D eigenvalue weighted by atomic mass is 31.2. The van der Waals surface area contributed by atoms with Crippen molar-refractivity contribution in [2.75, 3.05) is 0 Å². The molecule has 0 saturated carbocycles. The van der Waals surface area contributed by atoms with Crippen LogP contribution >= 0.6 is 7.29 Å². The third-order valence-electron chi connectivity index (χ3n) is 5.18. The molecule has 142 valence electrons. The SMILES string of the molecule is CC[C@@H](NP(=O)(c1ccccc1)c1ccccc1)O[Si](C)(C)C(C)(C)C. The van der Waals surface area contributed by atoms with Crippen LogP contribution < -0.4 is 15.7 Å². The maximum absolute atomic E-state index is 14.1. The highest BCUT2D eigenvalue weighted by Crippen LogP contribution is 2.42. The van der Waals surface area contributed by atoms with E-state index < -0.39 is 15.6 Å². The molecule has 2 rings (SSSR count). The van der Waals surface area contributed by atoms with Crippen molar-refractivity contribution in [2.45, 2.75) is 58.5 Å². The Morgan fingerprint density at radius 3 is 1.73 bits per heavy atom. The quantitative estimate of drug-likeness (QED) is 0.399. The van der Waals surface area contributed by atoms with Gasteiger partial charge < -0.3 is 4.43 Å². The van der Waals surface area contributed by atoms with Crippen LogP contribution in [0.4, 0.5) is 0 Å². The molecule has 2 aromatic rings. The summed E-state index contributed by atoms with van der Waals surface area (Å²) in [5.41, 5.74) is 0. The maximum Gasteiger partial charge on any atom is 0.206 e. The van der Waals surface area contributed by atoms with Crippen LogP contribution in [-0.4, -0.2) is 14.5 Å². The number of benzene rings is 2. The molecule has 2 aromatic carbocycles. The zero-order valence-electron chi connectivity index (χ0n) is 16.8. The molecule has 0 aliphatic heterocycles. The average Bonchev–Trinajstić information content (AvgIpc) is 2.61. The van der Waals surface area contributed by atoms with Crippen molar-refractivity contribution >= 4 is 26.2 Å². The van der Waals surface area contributed by atoms with Crippen molar-refractivity contribution in [3.05, 3.63) is 60.7 Å². The lowest BCUT2D eigenvalue weighted by atomic mass is 10.2. The van der Waals surface area contributed by atoms with Crippen molar-refractivity contribution < 1.29 is 8.99 Å². The molecule has 5 heteroatoms. The lowest BCUT2D eigenvalue weighted by molar-refractivity contribution is 0.166. The molecule has 0 radical (unpaired) electrons. The van der Waals surface area contributed by atoms with Crippen LogP contribution in [0.2, 0.25) is 18.1 Å². The zero-order valence-corrected chi connectivity index (χ0v) is 18.7. The van der Waals surface area contributed by atoms with E-state index in [1.807, 2.05) is 60.7 Å². The summed E-state index contributed by atoms with van der Waals surface area (Å²) in [5, 5.41) is 5.13. The smallest absolute Gasteiger partial charge is 0.206 e. The molecule has 0 bridgehead atoms. The first kappa shape index (κ1) is 21.1. The summed E-state index contributed by atoms with van der Waals surface area (Å²) in [4.78, 5) is 0. The van der Waals surface area contributed by atoms with Gasteiger partial charge in [-0.05, 0) is 48.8 Å². The summed E-state index contributed by atoms with van der Waals surface area (Å²) in [6.07, 6.45) is 0.512. The fourth-order valence-electron chi connectivity index (χ4n) is 2.51. The molecule has 0 saturated heterocycles. The Balaban J connectivity index is 2.40. The van der Waals surface area contributed by atoms with Crippen LogP contribution in [0.15, 0.2) is 60.7 Å². The standard InChI is InChI=1S/C21H32NO2PSi/c1-7-20(24-26(5,6)21(2,3)4)22-25(23,18-14-10-8-11-15-18)19-16-12-9-13-17-19/h8-17,20H,7H2,1-6H3,(H,22,23)/t20-/m0/s1. The molecule has 26 heavy (non-hydrogen) atoms. The first-order chi connectivity index (χ1) is 12.1. The molecule has 0 amide bonds. The molecule has 1 N–H and O–H groups in total. The Morgan fingerprint density at radius 1 is 0.962 bits per heavy atom. The van der Waals surface area contributed by atoms with Crippen molar-refractivity contribution in [3.63, 3.8) is 0 Å². The second kappa shape index (κ2) is 8.22. The molecule has 3 nitrogen and oxygen atoms in total. The van der Waals surface area contributed by atoms with Gasteiger partial charge in [0.05, 0.1) is 0 Å². The van der Waals surface area contributed by atoms with Crippen LogP contribution in [0.5, 0.6) is 0 Å². The molecule has 1 atom stereocenters. The summed E-state index contributed by atoms with van der Waals surface area (Å²) in [7, 11) is -4.96. The van der Waals surface area contributed by atoms with Gasteiger partial charge in [0.2, 0.25) is 7.29 Å². The summed E-state index contributed by atoms with van der Waals surface area (Å²) < 4.78 is 20.7. The van der Waals surface area contributed by atoms with E-state index in [1.54, 1.807) is 0 Å². The Morgan fingerprint density at radius 2 is 1.38 bits per heavy atom. The zero-order chi connectivity index (χ0) is 19.4. The van der Waals surface area contributed by atoms with Crippen LogP contribution in [0.1, 0.15) is 34.1 Å². The minimum absolute atomic E-state index is 0.103. The van der Waals surface area contributed by atoms with Gasteiger partial charge in [0, 0.05) is 10.6 Å². The third kappa shape index (κ3) is 4.75. The molecular formula is C21H32NO2PSi. The van der Waals surface area contributed by atoms with E-state index in [1.165, 1.54) is 0 Å². The van der Waals surface area contributed by atoms with Gasteiger partial charge in [0.15, 0.2) is 8.32 Å². The Bertz CT molecular complexity index is 698. The minimum atomic E-state index is -2.99. The summed E-state index contributed by atoms with van der Waals surface area (Å²) in [6, 6.07) is 19.3. The number of hydrogen-bond acceptors (Lipinski definition) is 2.